The number of aliphatic hydroxyl groups excluding tert-OH is 2. The molecule has 0 aromatic rings. The molecule has 0 unspecified atom stereocenters. The van der Waals surface area contributed by atoms with Gasteiger partial charge < -0.3 is 10.2 Å². The molecule has 2 fully saturated rings. The summed E-state index contributed by atoms with van der Waals surface area (Å²) in [4.78, 5) is 0. The summed E-state index contributed by atoms with van der Waals surface area (Å²) in [5.41, 5.74) is 5.22. The predicted molar refractivity (Wildman–Crippen MR) is 135 cm³/mol. The summed E-state index contributed by atoms with van der Waals surface area (Å²) in [6.07, 6.45) is 15.1. The SMILES string of the molecule is C=C1/C(=C\C=C2/CCC[C@]3(C)C([C@H](C)C/C=C/SC(C)(C)C)=CC[C@@H]23)C[C@H](O)C[C@H]1O. The number of hydrogen-bond acceptors (Lipinski definition) is 3. The Morgan fingerprint density at radius 1 is 1.29 bits per heavy atom. The van der Waals surface area contributed by atoms with Gasteiger partial charge in [-0.2, -0.15) is 0 Å². The van der Waals surface area contributed by atoms with E-state index >= 15 is 0 Å². The Balaban J connectivity index is 1.71. The molecule has 31 heavy (non-hydrogen) atoms. The van der Waals surface area contributed by atoms with Crippen LogP contribution in [0.4, 0.5) is 0 Å². The maximum atomic E-state index is 10.1. The maximum Gasteiger partial charge on any atom is 0.0811 e. The van der Waals surface area contributed by atoms with Crippen molar-refractivity contribution in [1.29, 1.82) is 0 Å². The van der Waals surface area contributed by atoms with Crippen LogP contribution >= 0.6 is 11.8 Å². The number of allylic oxidation sites excluding steroid dienone is 6. The van der Waals surface area contributed by atoms with Crippen LogP contribution in [0, 0.1) is 17.3 Å². The van der Waals surface area contributed by atoms with E-state index in [1.54, 1.807) is 5.57 Å². The Morgan fingerprint density at radius 2 is 2.03 bits per heavy atom. The highest BCUT2D eigenvalue weighted by Gasteiger charge is 2.45. The lowest BCUT2D eigenvalue weighted by Gasteiger charge is -2.42. The van der Waals surface area contributed by atoms with Gasteiger partial charge in [0, 0.05) is 11.2 Å². The van der Waals surface area contributed by atoms with E-state index < -0.39 is 12.2 Å². The lowest BCUT2D eigenvalue weighted by Crippen LogP contribution is -2.32. The van der Waals surface area contributed by atoms with Crippen molar-refractivity contribution in [1.82, 2.24) is 0 Å². The molecule has 5 atom stereocenters. The second-order valence-corrected chi connectivity index (χ2v) is 12.8. The first kappa shape index (κ1) is 24.6. The van der Waals surface area contributed by atoms with Crippen LogP contribution < -0.4 is 0 Å². The third-order valence-corrected chi connectivity index (χ3v) is 8.45. The fraction of sp³-hybridized carbons (Fsp3) is 0.643. The molecule has 3 aliphatic carbocycles. The van der Waals surface area contributed by atoms with E-state index in [1.807, 2.05) is 11.8 Å². The number of thioether (sulfide) groups is 1. The molecule has 3 heteroatoms. The monoisotopic (exact) mass is 442 g/mol. The van der Waals surface area contributed by atoms with Crippen molar-refractivity contribution >= 4 is 11.8 Å². The molecule has 0 aromatic heterocycles. The summed E-state index contributed by atoms with van der Waals surface area (Å²) in [5.74, 6) is 1.16. The van der Waals surface area contributed by atoms with Gasteiger partial charge in [0.25, 0.3) is 0 Å². The average Bonchev–Trinajstić information content (AvgIpc) is 3.03. The average molecular weight is 443 g/mol. The number of aliphatic hydroxyl groups is 2. The fourth-order valence-electron chi connectivity index (χ4n) is 5.72. The number of rotatable bonds is 5. The zero-order valence-electron chi connectivity index (χ0n) is 20.2. The quantitative estimate of drug-likeness (QED) is 0.445. The van der Waals surface area contributed by atoms with Crippen molar-refractivity contribution in [2.24, 2.45) is 17.3 Å². The minimum atomic E-state index is -0.616. The first-order valence-corrected chi connectivity index (χ1v) is 12.9. The van der Waals surface area contributed by atoms with E-state index in [0.29, 0.717) is 24.7 Å². The van der Waals surface area contributed by atoms with Crippen molar-refractivity contribution in [2.75, 3.05) is 0 Å². The molecule has 0 saturated heterocycles. The Kier molecular flexibility index (Phi) is 7.82. The molecule has 0 bridgehead atoms. The summed E-state index contributed by atoms with van der Waals surface area (Å²) in [6.45, 7) is 15.7. The van der Waals surface area contributed by atoms with Gasteiger partial charge in [0.1, 0.15) is 0 Å². The van der Waals surface area contributed by atoms with Gasteiger partial charge in [0.2, 0.25) is 0 Å². The third-order valence-electron chi connectivity index (χ3n) is 7.41. The highest BCUT2D eigenvalue weighted by atomic mass is 32.2. The van der Waals surface area contributed by atoms with Crippen molar-refractivity contribution in [3.63, 3.8) is 0 Å². The Bertz CT molecular complexity index is 794. The summed E-state index contributed by atoms with van der Waals surface area (Å²) in [5, 5.41) is 22.5. The molecule has 3 aliphatic rings. The molecule has 2 N–H and O–H groups in total. The molecule has 3 rings (SSSR count). The molecule has 0 heterocycles. The highest BCUT2D eigenvalue weighted by molar-refractivity contribution is 8.03. The zero-order valence-corrected chi connectivity index (χ0v) is 21.0. The van der Waals surface area contributed by atoms with Gasteiger partial charge in [0.05, 0.1) is 12.2 Å². The molecular formula is C28H42O2S. The highest BCUT2D eigenvalue weighted by Crippen LogP contribution is 2.57. The van der Waals surface area contributed by atoms with Gasteiger partial charge in [-0.25, -0.2) is 0 Å². The fourth-order valence-corrected chi connectivity index (χ4v) is 6.34. The first-order valence-electron chi connectivity index (χ1n) is 12.0. The standard InChI is InChI=1S/C28H42O2S/c1-19(9-8-16-31-27(3,4)5)24-13-14-25-21(10-7-15-28(24,25)6)11-12-22-17-23(29)18-26(30)20(22)2/h8,11-13,16,19,23,25-26,29-30H,2,7,9-10,14-15,17-18H2,1,3-6H3/b16-8+,21-11+,22-12-/t19-,23+,25+,26-,28-/m1/s1. The Morgan fingerprint density at radius 3 is 2.74 bits per heavy atom. The van der Waals surface area contributed by atoms with Crippen molar-refractivity contribution in [3.8, 4) is 0 Å². The molecule has 0 aromatic carbocycles. The van der Waals surface area contributed by atoms with Crippen LogP contribution in [0.25, 0.3) is 0 Å². The van der Waals surface area contributed by atoms with Crippen LogP contribution in [0.1, 0.15) is 79.6 Å². The second-order valence-electron chi connectivity index (χ2n) is 11.0. The van der Waals surface area contributed by atoms with Gasteiger partial charge in [-0.3, -0.25) is 0 Å². The van der Waals surface area contributed by atoms with Crippen LogP contribution in [0.2, 0.25) is 0 Å². The molecule has 0 spiro atoms. The van der Waals surface area contributed by atoms with Crippen LogP contribution in [0.5, 0.6) is 0 Å². The van der Waals surface area contributed by atoms with E-state index in [0.717, 1.165) is 30.4 Å². The Labute approximate surface area is 194 Å². The predicted octanol–water partition coefficient (Wildman–Crippen LogP) is 7.12. The number of hydrogen-bond donors (Lipinski definition) is 2. The smallest absolute Gasteiger partial charge is 0.0811 e. The Hall–Kier alpha value is -1.03. The van der Waals surface area contributed by atoms with E-state index in [9.17, 15) is 10.2 Å². The van der Waals surface area contributed by atoms with Gasteiger partial charge in [-0.1, -0.05) is 76.6 Å². The third kappa shape index (κ3) is 5.86. The van der Waals surface area contributed by atoms with E-state index in [1.165, 1.54) is 18.4 Å². The summed E-state index contributed by atoms with van der Waals surface area (Å²) in [6, 6.07) is 0. The molecule has 172 valence electrons. The topological polar surface area (TPSA) is 40.5 Å². The van der Waals surface area contributed by atoms with Gasteiger partial charge in [0.15, 0.2) is 0 Å². The molecule has 0 aliphatic heterocycles. The first-order chi connectivity index (χ1) is 14.5. The van der Waals surface area contributed by atoms with Crippen molar-refractivity contribution in [2.45, 2.75) is 96.5 Å². The minimum absolute atomic E-state index is 0.260. The molecular weight excluding hydrogens is 400 g/mol. The van der Waals surface area contributed by atoms with Crippen molar-refractivity contribution in [3.05, 3.63) is 58.6 Å². The molecule has 0 amide bonds. The van der Waals surface area contributed by atoms with Crippen LogP contribution in [-0.2, 0) is 0 Å². The van der Waals surface area contributed by atoms with Gasteiger partial charge in [-0.05, 0) is 72.3 Å². The van der Waals surface area contributed by atoms with E-state index in [-0.39, 0.29) is 10.2 Å². The zero-order chi connectivity index (χ0) is 22.8. The molecule has 2 nitrogen and oxygen atoms in total. The summed E-state index contributed by atoms with van der Waals surface area (Å²) < 4.78 is 0.275. The lowest BCUT2D eigenvalue weighted by molar-refractivity contribution is 0.0862. The van der Waals surface area contributed by atoms with Crippen LogP contribution in [0.15, 0.2) is 58.6 Å². The molecule has 0 radical (unpaired) electrons. The largest absolute Gasteiger partial charge is 0.393 e. The maximum absolute atomic E-state index is 10.1. The van der Waals surface area contributed by atoms with Crippen LogP contribution in [-0.4, -0.2) is 27.2 Å². The van der Waals surface area contributed by atoms with Crippen LogP contribution in [0.3, 0.4) is 0 Å². The van der Waals surface area contributed by atoms with E-state index in [4.69, 9.17) is 0 Å². The van der Waals surface area contributed by atoms with Crippen molar-refractivity contribution < 1.29 is 10.2 Å². The number of fused-ring (bicyclic) bond motifs is 1. The molecule has 2 saturated carbocycles. The minimum Gasteiger partial charge on any atom is -0.393 e. The summed E-state index contributed by atoms with van der Waals surface area (Å²) >= 11 is 1.90. The van der Waals surface area contributed by atoms with Gasteiger partial charge >= 0.3 is 0 Å². The normalized spacial score (nSPS) is 35.6. The lowest BCUT2D eigenvalue weighted by atomic mass is 9.62. The van der Waals surface area contributed by atoms with Gasteiger partial charge in [-0.15, -0.1) is 11.8 Å². The van der Waals surface area contributed by atoms with E-state index in [2.05, 4.69) is 70.9 Å². The summed E-state index contributed by atoms with van der Waals surface area (Å²) in [7, 11) is 0. The second kappa shape index (κ2) is 9.85.